The zero-order valence-corrected chi connectivity index (χ0v) is 17.3. The molecule has 158 valence electrons. The molecule has 7 nitrogen and oxygen atoms in total. The quantitative estimate of drug-likeness (QED) is 0.502. The molecule has 2 aromatic heterocycles. The summed E-state index contributed by atoms with van der Waals surface area (Å²) in [5.41, 5.74) is 5.24. The molecule has 0 bridgehead atoms. The summed E-state index contributed by atoms with van der Waals surface area (Å²) < 4.78 is 1.88. The first-order valence-corrected chi connectivity index (χ1v) is 10.5. The number of hydrogen-bond acceptors (Lipinski definition) is 4. The maximum Gasteiger partial charge on any atom is 0.276 e. The Balaban J connectivity index is 1.32. The number of hydrogen-bond donors (Lipinski definition) is 2. The van der Waals surface area contributed by atoms with E-state index in [9.17, 15) is 9.59 Å². The fraction of sp³-hybridized carbons (Fsp3) is 0.120. The summed E-state index contributed by atoms with van der Waals surface area (Å²) in [5, 5.41) is 10.3. The Morgan fingerprint density at radius 1 is 0.812 bits per heavy atom. The Hall–Kier alpha value is -4.26. The molecule has 32 heavy (non-hydrogen) atoms. The fourth-order valence-electron chi connectivity index (χ4n) is 3.94. The summed E-state index contributed by atoms with van der Waals surface area (Å²) in [6.07, 6.45) is 6.00. The average Bonchev–Trinajstić information content (AvgIpc) is 3.44. The molecule has 0 unspecified atom stereocenters. The van der Waals surface area contributed by atoms with Crippen molar-refractivity contribution < 1.29 is 9.59 Å². The number of para-hydroxylation sites is 1. The van der Waals surface area contributed by atoms with Gasteiger partial charge in [-0.25, -0.2) is 4.68 Å². The first kappa shape index (κ1) is 19.7. The van der Waals surface area contributed by atoms with Crippen molar-refractivity contribution in [2.45, 2.75) is 19.3 Å². The van der Waals surface area contributed by atoms with Gasteiger partial charge in [0.1, 0.15) is 0 Å². The molecule has 0 aliphatic heterocycles. The van der Waals surface area contributed by atoms with E-state index in [2.05, 4.69) is 20.7 Å². The third kappa shape index (κ3) is 3.88. The normalized spacial score (nSPS) is 12.2. The van der Waals surface area contributed by atoms with Crippen LogP contribution in [0.3, 0.4) is 0 Å². The monoisotopic (exact) mass is 423 g/mol. The predicted octanol–water partition coefficient (Wildman–Crippen LogP) is 4.26. The van der Waals surface area contributed by atoms with Gasteiger partial charge in [-0.1, -0.05) is 18.2 Å². The van der Waals surface area contributed by atoms with E-state index in [1.54, 1.807) is 48.8 Å². The van der Waals surface area contributed by atoms with Gasteiger partial charge in [0.05, 0.1) is 17.6 Å². The third-order valence-electron chi connectivity index (χ3n) is 5.47. The summed E-state index contributed by atoms with van der Waals surface area (Å²) in [7, 11) is 0. The lowest BCUT2D eigenvalue weighted by atomic mass is 10.1. The number of fused-ring (bicyclic) bond motifs is 1. The molecule has 0 atom stereocenters. The highest BCUT2D eigenvalue weighted by molar-refractivity contribution is 6.06. The van der Waals surface area contributed by atoms with Crippen LogP contribution >= 0.6 is 0 Å². The van der Waals surface area contributed by atoms with Gasteiger partial charge in [-0.05, 0) is 67.8 Å². The van der Waals surface area contributed by atoms with E-state index in [0.717, 1.165) is 36.2 Å². The van der Waals surface area contributed by atoms with Gasteiger partial charge < -0.3 is 10.6 Å². The summed E-state index contributed by atoms with van der Waals surface area (Å²) in [6, 6.07) is 20.2. The summed E-state index contributed by atoms with van der Waals surface area (Å²) in [4.78, 5) is 29.4. The second-order valence-corrected chi connectivity index (χ2v) is 7.60. The van der Waals surface area contributed by atoms with Crippen LogP contribution in [0.2, 0.25) is 0 Å². The number of amides is 2. The maximum absolute atomic E-state index is 13.0. The molecule has 0 fully saturated rings. The molecule has 4 aromatic rings. The number of rotatable bonds is 5. The minimum absolute atomic E-state index is 0.240. The molecule has 2 aromatic carbocycles. The Morgan fingerprint density at radius 2 is 1.59 bits per heavy atom. The molecule has 1 aliphatic carbocycles. The van der Waals surface area contributed by atoms with E-state index < -0.39 is 0 Å². The van der Waals surface area contributed by atoms with Gasteiger partial charge in [0, 0.05) is 28.7 Å². The van der Waals surface area contributed by atoms with Crippen molar-refractivity contribution >= 4 is 23.2 Å². The Labute approximate surface area is 185 Å². The molecule has 5 rings (SSSR count). The molecule has 1 aliphatic rings. The van der Waals surface area contributed by atoms with Gasteiger partial charge >= 0.3 is 0 Å². The van der Waals surface area contributed by atoms with E-state index >= 15 is 0 Å². The standard InChI is InChI=1S/C25H21N5O2/c31-24(28-19-6-5-15-26-16-19)17-11-13-18(14-12-17)27-25(32)23-21-9-4-10-22(21)30(29-23)20-7-2-1-3-8-20/h1-3,5-8,11-16H,4,9-10H2,(H,27,32)(H,28,31). The summed E-state index contributed by atoms with van der Waals surface area (Å²) in [6.45, 7) is 0. The molecule has 2 heterocycles. The minimum Gasteiger partial charge on any atom is -0.321 e. The SMILES string of the molecule is O=C(Nc1cccnc1)c1ccc(NC(=O)c2nn(-c3ccccc3)c3c2CCC3)cc1. The second kappa shape index (κ2) is 8.47. The zero-order chi connectivity index (χ0) is 21.9. The first-order valence-electron chi connectivity index (χ1n) is 10.5. The number of carbonyl (C=O) groups is 2. The van der Waals surface area contributed by atoms with Crippen LogP contribution in [-0.4, -0.2) is 26.6 Å². The van der Waals surface area contributed by atoms with Crippen LogP contribution in [0.4, 0.5) is 11.4 Å². The van der Waals surface area contributed by atoms with Crippen LogP contribution in [0.5, 0.6) is 0 Å². The van der Waals surface area contributed by atoms with Crippen LogP contribution in [0.15, 0.2) is 79.1 Å². The van der Waals surface area contributed by atoms with Crippen LogP contribution in [-0.2, 0) is 12.8 Å². The number of nitrogens with one attached hydrogen (secondary N) is 2. The molecule has 2 amide bonds. The number of nitrogens with zero attached hydrogens (tertiary/aromatic N) is 3. The summed E-state index contributed by atoms with van der Waals surface area (Å²) in [5.74, 6) is -0.485. The van der Waals surface area contributed by atoms with Gasteiger partial charge in [0.25, 0.3) is 11.8 Å². The van der Waals surface area contributed by atoms with Crippen molar-refractivity contribution in [2.75, 3.05) is 10.6 Å². The minimum atomic E-state index is -0.245. The molecule has 7 heteroatoms. The lowest BCUT2D eigenvalue weighted by Gasteiger charge is -2.07. The Kier molecular flexibility index (Phi) is 5.21. The van der Waals surface area contributed by atoms with Crippen molar-refractivity contribution in [3.05, 3.63) is 102 Å². The maximum atomic E-state index is 13.0. The van der Waals surface area contributed by atoms with Crippen molar-refractivity contribution in [3.8, 4) is 5.69 Å². The lowest BCUT2D eigenvalue weighted by Crippen LogP contribution is -2.15. The van der Waals surface area contributed by atoms with E-state index in [0.29, 0.717) is 22.6 Å². The van der Waals surface area contributed by atoms with E-state index in [1.807, 2.05) is 35.0 Å². The Morgan fingerprint density at radius 3 is 2.34 bits per heavy atom. The van der Waals surface area contributed by atoms with Gasteiger partial charge in [0.2, 0.25) is 0 Å². The predicted molar refractivity (Wildman–Crippen MR) is 122 cm³/mol. The molecule has 0 spiro atoms. The van der Waals surface area contributed by atoms with Gasteiger partial charge in [0.15, 0.2) is 5.69 Å². The number of carbonyl (C=O) groups excluding carboxylic acids is 2. The van der Waals surface area contributed by atoms with Gasteiger partial charge in [-0.3, -0.25) is 14.6 Å². The zero-order valence-electron chi connectivity index (χ0n) is 17.3. The van der Waals surface area contributed by atoms with Crippen LogP contribution in [0.25, 0.3) is 5.69 Å². The molecular weight excluding hydrogens is 402 g/mol. The highest BCUT2D eigenvalue weighted by Gasteiger charge is 2.27. The van der Waals surface area contributed by atoms with E-state index in [4.69, 9.17) is 0 Å². The van der Waals surface area contributed by atoms with Gasteiger partial charge in [-0.15, -0.1) is 0 Å². The topological polar surface area (TPSA) is 88.9 Å². The smallest absolute Gasteiger partial charge is 0.276 e. The number of aromatic nitrogens is 3. The van der Waals surface area contributed by atoms with Crippen LogP contribution in [0, 0.1) is 0 Å². The molecule has 0 radical (unpaired) electrons. The van der Waals surface area contributed by atoms with E-state index in [1.165, 1.54) is 0 Å². The van der Waals surface area contributed by atoms with Crippen molar-refractivity contribution in [2.24, 2.45) is 0 Å². The highest BCUT2D eigenvalue weighted by atomic mass is 16.2. The average molecular weight is 423 g/mol. The largest absolute Gasteiger partial charge is 0.321 e. The number of anilines is 2. The van der Waals surface area contributed by atoms with Crippen molar-refractivity contribution in [3.63, 3.8) is 0 Å². The fourth-order valence-corrected chi connectivity index (χ4v) is 3.94. The summed E-state index contributed by atoms with van der Waals surface area (Å²) >= 11 is 0. The molecule has 0 saturated carbocycles. The number of pyridine rings is 1. The molecule has 2 N–H and O–H groups in total. The lowest BCUT2D eigenvalue weighted by molar-refractivity contribution is 0.101. The van der Waals surface area contributed by atoms with E-state index in [-0.39, 0.29) is 11.8 Å². The number of benzene rings is 2. The van der Waals surface area contributed by atoms with Gasteiger partial charge in [-0.2, -0.15) is 5.10 Å². The Bertz CT molecular complexity index is 1270. The third-order valence-corrected chi connectivity index (χ3v) is 5.47. The highest BCUT2D eigenvalue weighted by Crippen LogP contribution is 2.28. The molecular formula is C25H21N5O2. The van der Waals surface area contributed by atoms with Crippen LogP contribution < -0.4 is 10.6 Å². The van der Waals surface area contributed by atoms with Crippen LogP contribution in [0.1, 0.15) is 38.5 Å². The van der Waals surface area contributed by atoms with Crippen molar-refractivity contribution in [1.29, 1.82) is 0 Å². The molecule has 0 saturated heterocycles. The first-order chi connectivity index (χ1) is 15.7. The second-order valence-electron chi connectivity index (χ2n) is 7.60. The van der Waals surface area contributed by atoms with Crippen molar-refractivity contribution in [1.82, 2.24) is 14.8 Å².